The van der Waals surface area contributed by atoms with Gasteiger partial charge in [0, 0.05) is 38.4 Å². The van der Waals surface area contributed by atoms with E-state index >= 15 is 0 Å². The predicted molar refractivity (Wildman–Crippen MR) is 97.6 cm³/mol. The normalized spacial score (nSPS) is 15.1. The third kappa shape index (κ3) is 6.80. The van der Waals surface area contributed by atoms with Crippen LogP contribution in [0.3, 0.4) is 0 Å². The molecule has 0 spiro atoms. The van der Waals surface area contributed by atoms with E-state index in [1.165, 1.54) is 11.3 Å². The van der Waals surface area contributed by atoms with Crippen LogP contribution in [0.4, 0.5) is 5.69 Å². The molecule has 1 heterocycles. The van der Waals surface area contributed by atoms with Crippen molar-refractivity contribution in [2.75, 3.05) is 44.2 Å². The number of halogens is 1. The number of piperazine rings is 1. The van der Waals surface area contributed by atoms with Gasteiger partial charge in [-0.1, -0.05) is 31.0 Å². The second-order valence-electron chi connectivity index (χ2n) is 5.99. The number of unbranched alkanes of at least 4 members (excludes halogenated alkanes) is 1. The molecule has 1 aliphatic rings. The molecule has 0 radical (unpaired) electrons. The topological polar surface area (TPSA) is 32.8 Å². The Hall–Kier alpha value is -1.26. The molecule has 1 aromatic rings. The van der Waals surface area contributed by atoms with Crippen LogP contribution in [0, 0.1) is 6.92 Å². The Bertz CT molecular complexity index is 457. The zero-order valence-corrected chi connectivity index (χ0v) is 15.1. The number of carbonyl (C=O) groups excluding carboxylic acids is 1. The lowest BCUT2D eigenvalue weighted by Gasteiger charge is -2.36. The van der Waals surface area contributed by atoms with E-state index in [4.69, 9.17) is 4.74 Å². The van der Waals surface area contributed by atoms with Crippen molar-refractivity contribution in [2.45, 2.75) is 33.1 Å². The van der Waals surface area contributed by atoms with Crippen LogP contribution in [0.25, 0.3) is 0 Å². The average molecular weight is 341 g/mol. The number of rotatable bonds is 7. The summed E-state index contributed by atoms with van der Waals surface area (Å²) < 4.78 is 5.20. The van der Waals surface area contributed by atoms with Gasteiger partial charge in [-0.05, 0) is 25.5 Å². The van der Waals surface area contributed by atoms with E-state index in [9.17, 15) is 4.79 Å². The monoisotopic (exact) mass is 340 g/mol. The number of esters is 1. The largest absolute Gasteiger partial charge is 0.466 e. The summed E-state index contributed by atoms with van der Waals surface area (Å²) in [5, 5.41) is 0. The van der Waals surface area contributed by atoms with Crippen molar-refractivity contribution >= 4 is 24.1 Å². The molecule has 1 saturated heterocycles. The molecule has 0 aliphatic carbocycles. The molecule has 130 valence electrons. The van der Waals surface area contributed by atoms with Crippen molar-refractivity contribution in [1.82, 2.24) is 4.90 Å². The lowest BCUT2D eigenvalue weighted by Crippen LogP contribution is -2.47. The standard InChI is InChI=1S/C18H28N2O2.ClH/c1-3-4-15-22-18(21)9-10-19-11-13-20(14-12-19)17-7-5-16(2)6-8-17;/h5-8H,3-4,9-15H2,1-2H3;1H. The molecule has 5 heteroatoms. The van der Waals surface area contributed by atoms with Gasteiger partial charge in [-0.3, -0.25) is 9.69 Å². The average Bonchev–Trinajstić information content (AvgIpc) is 2.54. The van der Waals surface area contributed by atoms with Crippen molar-refractivity contribution in [2.24, 2.45) is 0 Å². The van der Waals surface area contributed by atoms with Gasteiger partial charge in [-0.2, -0.15) is 0 Å². The lowest BCUT2D eigenvalue weighted by molar-refractivity contribution is -0.144. The second kappa shape index (κ2) is 10.5. The van der Waals surface area contributed by atoms with E-state index in [2.05, 4.69) is 47.9 Å². The van der Waals surface area contributed by atoms with E-state index in [-0.39, 0.29) is 18.4 Å². The number of anilines is 1. The molecule has 0 unspecified atom stereocenters. The van der Waals surface area contributed by atoms with Crippen molar-refractivity contribution in [3.05, 3.63) is 29.8 Å². The lowest BCUT2D eigenvalue weighted by atomic mass is 10.2. The molecule has 1 fully saturated rings. The number of carbonyl (C=O) groups is 1. The molecule has 0 saturated carbocycles. The van der Waals surface area contributed by atoms with Crippen LogP contribution in [0.15, 0.2) is 24.3 Å². The van der Waals surface area contributed by atoms with Crippen molar-refractivity contribution in [3.63, 3.8) is 0 Å². The van der Waals surface area contributed by atoms with Crippen LogP contribution >= 0.6 is 12.4 Å². The summed E-state index contributed by atoms with van der Waals surface area (Å²) in [6, 6.07) is 8.70. The Kier molecular flexibility index (Phi) is 9.03. The van der Waals surface area contributed by atoms with E-state index in [0.717, 1.165) is 45.6 Å². The van der Waals surface area contributed by atoms with Gasteiger partial charge in [0.1, 0.15) is 0 Å². The zero-order chi connectivity index (χ0) is 15.8. The van der Waals surface area contributed by atoms with Crippen LogP contribution in [0.2, 0.25) is 0 Å². The first-order valence-electron chi connectivity index (χ1n) is 8.38. The van der Waals surface area contributed by atoms with Gasteiger partial charge >= 0.3 is 5.97 Å². The molecule has 1 aliphatic heterocycles. The minimum atomic E-state index is -0.0607. The molecule has 0 aromatic heterocycles. The van der Waals surface area contributed by atoms with Crippen LogP contribution in [0.1, 0.15) is 31.7 Å². The van der Waals surface area contributed by atoms with Crippen molar-refractivity contribution < 1.29 is 9.53 Å². The highest BCUT2D eigenvalue weighted by Gasteiger charge is 2.17. The van der Waals surface area contributed by atoms with Gasteiger partial charge in [-0.15, -0.1) is 12.4 Å². The number of aryl methyl sites for hydroxylation is 1. The molecule has 0 bridgehead atoms. The zero-order valence-electron chi connectivity index (χ0n) is 14.3. The first-order valence-corrected chi connectivity index (χ1v) is 8.38. The molecule has 4 nitrogen and oxygen atoms in total. The quantitative estimate of drug-likeness (QED) is 0.563. The van der Waals surface area contributed by atoms with Gasteiger partial charge in [0.15, 0.2) is 0 Å². The molecule has 23 heavy (non-hydrogen) atoms. The summed E-state index contributed by atoms with van der Waals surface area (Å²) in [5.41, 5.74) is 2.59. The summed E-state index contributed by atoms with van der Waals surface area (Å²) in [5.74, 6) is -0.0607. The summed E-state index contributed by atoms with van der Waals surface area (Å²) in [6.45, 7) is 9.65. The molecule has 0 amide bonds. The van der Waals surface area contributed by atoms with Gasteiger partial charge < -0.3 is 9.64 Å². The second-order valence-corrected chi connectivity index (χ2v) is 5.99. The highest BCUT2D eigenvalue weighted by Crippen LogP contribution is 2.17. The first-order chi connectivity index (χ1) is 10.7. The van der Waals surface area contributed by atoms with Crippen molar-refractivity contribution in [1.29, 1.82) is 0 Å². The number of hydrogen-bond acceptors (Lipinski definition) is 4. The summed E-state index contributed by atoms with van der Waals surface area (Å²) in [6.07, 6.45) is 2.53. The van der Waals surface area contributed by atoms with E-state index < -0.39 is 0 Å². The Morgan fingerprint density at radius 2 is 1.78 bits per heavy atom. The van der Waals surface area contributed by atoms with Crippen LogP contribution < -0.4 is 4.90 Å². The minimum absolute atomic E-state index is 0. The highest BCUT2D eigenvalue weighted by molar-refractivity contribution is 5.85. The van der Waals surface area contributed by atoms with Gasteiger partial charge in [0.05, 0.1) is 13.0 Å². The summed E-state index contributed by atoms with van der Waals surface area (Å²) in [7, 11) is 0. The predicted octanol–water partition coefficient (Wildman–Crippen LogP) is 3.27. The third-order valence-electron chi connectivity index (χ3n) is 4.16. The Morgan fingerprint density at radius 1 is 1.13 bits per heavy atom. The van der Waals surface area contributed by atoms with E-state index in [1.54, 1.807) is 0 Å². The Labute approximate surface area is 146 Å². The van der Waals surface area contributed by atoms with Crippen LogP contribution in [-0.2, 0) is 9.53 Å². The van der Waals surface area contributed by atoms with Gasteiger partial charge in [0.2, 0.25) is 0 Å². The fourth-order valence-corrected chi connectivity index (χ4v) is 2.64. The maximum atomic E-state index is 11.6. The SMILES string of the molecule is CCCCOC(=O)CCN1CCN(c2ccc(C)cc2)CC1.Cl. The third-order valence-corrected chi connectivity index (χ3v) is 4.16. The first kappa shape index (κ1) is 19.8. The summed E-state index contributed by atoms with van der Waals surface area (Å²) in [4.78, 5) is 16.4. The fourth-order valence-electron chi connectivity index (χ4n) is 2.64. The number of benzene rings is 1. The molecular formula is C18H29ClN2O2. The van der Waals surface area contributed by atoms with Crippen molar-refractivity contribution in [3.8, 4) is 0 Å². The Balaban J connectivity index is 0.00000264. The Morgan fingerprint density at radius 3 is 2.39 bits per heavy atom. The fraction of sp³-hybridized carbons (Fsp3) is 0.611. The maximum absolute atomic E-state index is 11.6. The molecule has 2 rings (SSSR count). The van der Waals surface area contributed by atoms with Gasteiger partial charge in [0.25, 0.3) is 0 Å². The molecule has 1 aromatic carbocycles. The van der Waals surface area contributed by atoms with E-state index in [1.807, 2.05) is 0 Å². The van der Waals surface area contributed by atoms with Crippen LogP contribution in [-0.4, -0.2) is 50.2 Å². The number of ether oxygens (including phenoxy) is 1. The minimum Gasteiger partial charge on any atom is -0.466 e. The highest BCUT2D eigenvalue weighted by atomic mass is 35.5. The smallest absolute Gasteiger partial charge is 0.307 e. The van der Waals surface area contributed by atoms with Crippen LogP contribution in [0.5, 0.6) is 0 Å². The van der Waals surface area contributed by atoms with Gasteiger partial charge in [-0.25, -0.2) is 0 Å². The number of nitrogens with zero attached hydrogens (tertiary/aromatic N) is 2. The molecule has 0 N–H and O–H groups in total. The molecule has 0 atom stereocenters. The number of hydrogen-bond donors (Lipinski definition) is 0. The summed E-state index contributed by atoms with van der Waals surface area (Å²) >= 11 is 0. The maximum Gasteiger partial charge on any atom is 0.307 e. The molecular weight excluding hydrogens is 312 g/mol. The van der Waals surface area contributed by atoms with E-state index in [0.29, 0.717) is 13.0 Å².